The predicted octanol–water partition coefficient (Wildman–Crippen LogP) is 2.60. The van der Waals surface area contributed by atoms with Crippen molar-refractivity contribution in [3.63, 3.8) is 0 Å². The van der Waals surface area contributed by atoms with Crippen LogP contribution in [0.4, 0.5) is 10.5 Å². The second-order valence-electron chi connectivity index (χ2n) is 6.46. The number of hydrogen-bond acceptors (Lipinski definition) is 4. The van der Waals surface area contributed by atoms with Crippen LogP contribution >= 0.6 is 0 Å². The molecule has 0 atom stereocenters. The topological polar surface area (TPSA) is 94.4 Å². The number of nitrogens with zero attached hydrogens (tertiary/aromatic N) is 1. The van der Waals surface area contributed by atoms with Crippen molar-refractivity contribution in [2.24, 2.45) is 0 Å². The molecule has 2 amide bonds. The van der Waals surface area contributed by atoms with E-state index in [4.69, 9.17) is 4.74 Å². The summed E-state index contributed by atoms with van der Waals surface area (Å²) in [5.74, 6) is -0.311. The molecule has 1 heterocycles. The third kappa shape index (κ3) is 6.14. The van der Waals surface area contributed by atoms with Gasteiger partial charge in [0.05, 0.1) is 0 Å². The Bertz CT molecular complexity index is 769. The van der Waals surface area contributed by atoms with Gasteiger partial charge in [0, 0.05) is 29.4 Å². The first-order chi connectivity index (χ1) is 11.7. The lowest BCUT2D eigenvalue weighted by atomic mass is 10.2. The van der Waals surface area contributed by atoms with Crippen molar-refractivity contribution in [1.29, 1.82) is 0 Å². The van der Waals surface area contributed by atoms with Gasteiger partial charge < -0.3 is 15.3 Å². The summed E-state index contributed by atoms with van der Waals surface area (Å²) >= 11 is 0. The molecule has 7 nitrogen and oxygen atoms in total. The quantitative estimate of drug-likeness (QED) is 0.659. The molecule has 2 N–H and O–H groups in total. The number of pyridine rings is 1. The van der Waals surface area contributed by atoms with Crippen LogP contribution in [0.3, 0.4) is 0 Å². The Balaban J connectivity index is 1.97. The molecule has 0 saturated heterocycles. The number of benzene rings is 1. The molecule has 0 aliphatic heterocycles. The number of rotatable bonds is 4. The van der Waals surface area contributed by atoms with Crippen molar-refractivity contribution in [3.05, 3.63) is 65.1 Å². The number of hydrogen-bond donors (Lipinski definition) is 2. The van der Waals surface area contributed by atoms with Crippen LogP contribution < -0.4 is 15.4 Å². The molecule has 0 unspecified atom stereocenters. The molecule has 1 aromatic heterocycles. The minimum atomic E-state index is -0.604. The van der Waals surface area contributed by atoms with Crippen molar-refractivity contribution in [1.82, 2.24) is 5.32 Å². The highest BCUT2D eigenvalue weighted by Crippen LogP contribution is 2.14. The number of anilines is 1. The highest BCUT2D eigenvalue weighted by atomic mass is 16.6. The Morgan fingerprint density at radius 3 is 2.64 bits per heavy atom. The number of aromatic nitrogens is 1. The van der Waals surface area contributed by atoms with Crippen molar-refractivity contribution in [3.8, 4) is 0 Å². The first-order valence-electron chi connectivity index (χ1n) is 7.79. The molecule has 0 radical (unpaired) electrons. The maximum Gasteiger partial charge on any atom is 0.412 e. The van der Waals surface area contributed by atoms with Gasteiger partial charge in [0.15, 0.2) is 12.4 Å². The monoisotopic (exact) mass is 343 g/mol. The molecule has 2 rings (SSSR count). The van der Waals surface area contributed by atoms with Crippen molar-refractivity contribution < 1.29 is 19.1 Å². The Labute approximate surface area is 146 Å². The summed E-state index contributed by atoms with van der Waals surface area (Å²) in [6.45, 7) is 5.54. The molecule has 25 heavy (non-hydrogen) atoms. The molecule has 132 valence electrons. The summed E-state index contributed by atoms with van der Waals surface area (Å²) in [4.78, 5) is 24.0. The van der Waals surface area contributed by atoms with Crippen LogP contribution in [0.2, 0.25) is 0 Å². The van der Waals surface area contributed by atoms with Crippen molar-refractivity contribution in [2.45, 2.75) is 32.9 Å². The average molecular weight is 343 g/mol. The summed E-state index contributed by atoms with van der Waals surface area (Å²) in [5, 5.41) is 16.5. The Morgan fingerprint density at radius 2 is 1.96 bits per heavy atom. The summed E-state index contributed by atoms with van der Waals surface area (Å²) in [6, 6.07) is 9.87. The van der Waals surface area contributed by atoms with E-state index < -0.39 is 11.7 Å². The maximum absolute atomic E-state index is 12.2. The van der Waals surface area contributed by atoms with E-state index in [1.165, 1.54) is 12.4 Å². The number of amides is 2. The maximum atomic E-state index is 12.2. The van der Waals surface area contributed by atoms with Crippen LogP contribution in [0.25, 0.3) is 0 Å². The van der Waals surface area contributed by atoms with Gasteiger partial charge in [0.25, 0.3) is 5.91 Å². The minimum absolute atomic E-state index is 0.228. The third-order valence-electron chi connectivity index (χ3n) is 3.06. The van der Waals surface area contributed by atoms with Gasteiger partial charge in [0.1, 0.15) is 5.60 Å². The molecular weight excluding hydrogens is 322 g/mol. The molecule has 0 fully saturated rings. The molecule has 2 aromatic rings. The highest BCUT2D eigenvalue weighted by molar-refractivity contribution is 5.96. The van der Waals surface area contributed by atoms with Crippen LogP contribution in [-0.4, -0.2) is 17.6 Å². The van der Waals surface area contributed by atoms with Gasteiger partial charge in [-0.2, -0.15) is 4.73 Å². The predicted molar refractivity (Wildman–Crippen MR) is 92.9 cm³/mol. The van der Waals surface area contributed by atoms with E-state index in [1.54, 1.807) is 57.2 Å². The fourth-order valence-corrected chi connectivity index (χ4v) is 2.05. The molecule has 0 saturated carbocycles. The SMILES string of the molecule is CC(C)(C)OC(=O)Nc1cccc(C(=O)NCc2ccc[n+]([O-])c2)c1. The van der Waals surface area contributed by atoms with E-state index in [0.717, 1.165) is 0 Å². The average Bonchev–Trinajstić information content (AvgIpc) is 2.51. The number of carbonyl (C=O) groups is 2. The first-order valence-corrected chi connectivity index (χ1v) is 7.79. The first kappa shape index (κ1) is 18.3. The van der Waals surface area contributed by atoms with E-state index in [1.807, 2.05) is 0 Å². The van der Waals surface area contributed by atoms with Gasteiger partial charge in [0.2, 0.25) is 0 Å². The Kier molecular flexibility index (Phi) is 5.59. The Morgan fingerprint density at radius 1 is 1.20 bits per heavy atom. The van der Waals surface area contributed by atoms with Crippen molar-refractivity contribution in [2.75, 3.05) is 5.32 Å². The lowest BCUT2D eigenvalue weighted by Gasteiger charge is -2.19. The lowest BCUT2D eigenvalue weighted by molar-refractivity contribution is -0.605. The lowest BCUT2D eigenvalue weighted by Crippen LogP contribution is -2.28. The summed E-state index contributed by atoms with van der Waals surface area (Å²) in [5.41, 5.74) is 0.931. The van der Waals surface area contributed by atoms with Gasteiger partial charge >= 0.3 is 6.09 Å². The molecule has 0 spiro atoms. The van der Waals surface area contributed by atoms with Gasteiger partial charge in [-0.3, -0.25) is 10.1 Å². The van der Waals surface area contributed by atoms with Crippen LogP contribution in [0, 0.1) is 5.21 Å². The molecule has 0 aliphatic carbocycles. The third-order valence-corrected chi connectivity index (χ3v) is 3.06. The summed E-state index contributed by atoms with van der Waals surface area (Å²) in [7, 11) is 0. The van der Waals surface area contributed by atoms with E-state index in [2.05, 4.69) is 10.6 Å². The van der Waals surface area contributed by atoms with E-state index in [9.17, 15) is 14.8 Å². The van der Waals surface area contributed by atoms with Gasteiger partial charge in [-0.05, 0) is 45.0 Å². The smallest absolute Gasteiger partial charge is 0.412 e. The summed E-state index contributed by atoms with van der Waals surface area (Å²) in [6.07, 6.45) is 2.17. The van der Waals surface area contributed by atoms with Gasteiger partial charge in [-0.15, -0.1) is 0 Å². The van der Waals surface area contributed by atoms with Crippen molar-refractivity contribution >= 4 is 17.7 Å². The molecule has 0 bridgehead atoms. The van der Waals surface area contributed by atoms with E-state index >= 15 is 0 Å². The van der Waals surface area contributed by atoms with E-state index in [0.29, 0.717) is 21.5 Å². The summed E-state index contributed by atoms with van der Waals surface area (Å²) < 4.78 is 5.85. The largest absolute Gasteiger partial charge is 0.619 e. The number of carbonyl (C=O) groups excluding carboxylic acids is 2. The number of nitrogens with one attached hydrogen (secondary N) is 2. The highest BCUT2D eigenvalue weighted by Gasteiger charge is 2.16. The zero-order valence-corrected chi connectivity index (χ0v) is 14.4. The fraction of sp³-hybridized carbons (Fsp3) is 0.278. The normalized spacial score (nSPS) is 10.8. The second-order valence-corrected chi connectivity index (χ2v) is 6.46. The molecule has 7 heteroatoms. The Hall–Kier alpha value is -3.09. The van der Waals surface area contributed by atoms with Crippen LogP contribution in [0.15, 0.2) is 48.8 Å². The fourth-order valence-electron chi connectivity index (χ4n) is 2.05. The zero-order chi connectivity index (χ0) is 18.4. The van der Waals surface area contributed by atoms with Gasteiger partial charge in [-0.1, -0.05) is 6.07 Å². The van der Waals surface area contributed by atoms with Gasteiger partial charge in [-0.25, -0.2) is 4.79 Å². The van der Waals surface area contributed by atoms with E-state index in [-0.39, 0.29) is 12.5 Å². The van der Waals surface area contributed by atoms with Crippen LogP contribution in [-0.2, 0) is 11.3 Å². The molecule has 1 aromatic carbocycles. The second kappa shape index (κ2) is 7.65. The minimum Gasteiger partial charge on any atom is -0.619 e. The zero-order valence-electron chi connectivity index (χ0n) is 14.4. The standard InChI is InChI=1S/C18H21N3O4/c1-18(2,3)25-17(23)20-15-8-4-7-14(10-15)16(22)19-11-13-6-5-9-21(24)12-13/h4-10,12H,11H2,1-3H3,(H,19,22)(H,20,23). The van der Waals surface area contributed by atoms with Crippen LogP contribution in [0.5, 0.6) is 0 Å². The molecular formula is C18H21N3O4. The van der Waals surface area contributed by atoms with Crippen LogP contribution in [0.1, 0.15) is 36.7 Å². The molecule has 0 aliphatic rings. The number of ether oxygens (including phenoxy) is 1.